The fourth-order valence-corrected chi connectivity index (χ4v) is 3.01. The van der Waals surface area contributed by atoms with Gasteiger partial charge in [0, 0.05) is 37.6 Å². The predicted molar refractivity (Wildman–Crippen MR) is 95.3 cm³/mol. The number of likely N-dealkylation sites (N-methyl/N-ethyl adjacent to an activating group) is 1. The van der Waals surface area contributed by atoms with Crippen LogP contribution in [0.5, 0.6) is 0 Å². The van der Waals surface area contributed by atoms with E-state index in [1.54, 1.807) is 0 Å². The van der Waals surface area contributed by atoms with Gasteiger partial charge in [0.15, 0.2) is 0 Å². The Hall–Kier alpha value is -2.51. The third-order valence-electron chi connectivity index (χ3n) is 4.44. The Morgan fingerprint density at radius 3 is 2.35 bits per heavy atom. The summed E-state index contributed by atoms with van der Waals surface area (Å²) in [5, 5.41) is 12.9. The fraction of sp³-hybridized carbons (Fsp3) is 0.316. The predicted octanol–water partition coefficient (Wildman–Crippen LogP) is 3.36. The summed E-state index contributed by atoms with van der Waals surface area (Å²) in [6, 6.07) is 16.3. The number of anilines is 3. The molecule has 1 heterocycles. The molecule has 4 nitrogen and oxygen atoms in total. The molecule has 1 saturated heterocycles. The number of nitrogens with one attached hydrogen (secondary N) is 1. The van der Waals surface area contributed by atoms with Crippen LogP contribution in [0.2, 0.25) is 0 Å². The average molecular weight is 306 g/mol. The number of piperazine rings is 1. The molecule has 1 N–H and O–H groups in total. The zero-order valence-electron chi connectivity index (χ0n) is 13.7. The smallest absolute Gasteiger partial charge is 0.101 e. The maximum absolute atomic E-state index is 9.45. The van der Waals surface area contributed by atoms with Crippen molar-refractivity contribution in [2.24, 2.45) is 0 Å². The van der Waals surface area contributed by atoms with Gasteiger partial charge in [-0.3, -0.25) is 0 Å². The third-order valence-corrected chi connectivity index (χ3v) is 4.44. The fourth-order valence-electron chi connectivity index (χ4n) is 3.01. The van der Waals surface area contributed by atoms with E-state index in [2.05, 4.69) is 41.2 Å². The van der Waals surface area contributed by atoms with Crippen molar-refractivity contribution in [3.8, 4) is 6.07 Å². The summed E-state index contributed by atoms with van der Waals surface area (Å²) in [5.74, 6) is 0. The number of benzene rings is 2. The van der Waals surface area contributed by atoms with Crippen LogP contribution < -0.4 is 10.2 Å². The van der Waals surface area contributed by atoms with Crippen molar-refractivity contribution in [3.05, 3.63) is 53.6 Å². The van der Waals surface area contributed by atoms with Crippen molar-refractivity contribution in [1.82, 2.24) is 4.90 Å². The summed E-state index contributed by atoms with van der Waals surface area (Å²) in [5.41, 5.74) is 4.95. The third kappa shape index (κ3) is 3.30. The Morgan fingerprint density at radius 1 is 1.00 bits per heavy atom. The minimum absolute atomic E-state index is 0.684. The average Bonchev–Trinajstić information content (AvgIpc) is 2.58. The van der Waals surface area contributed by atoms with Gasteiger partial charge >= 0.3 is 0 Å². The number of rotatable bonds is 3. The van der Waals surface area contributed by atoms with E-state index < -0.39 is 0 Å². The first-order chi connectivity index (χ1) is 11.2. The number of para-hydroxylation sites is 1. The summed E-state index contributed by atoms with van der Waals surface area (Å²) in [6.07, 6.45) is 0. The van der Waals surface area contributed by atoms with Crippen molar-refractivity contribution < 1.29 is 0 Å². The van der Waals surface area contributed by atoms with Gasteiger partial charge in [-0.1, -0.05) is 18.2 Å². The summed E-state index contributed by atoms with van der Waals surface area (Å²) in [4.78, 5) is 4.76. The highest BCUT2D eigenvalue weighted by molar-refractivity contribution is 5.76. The molecule has 2 aromatic rings. The molecule has 4 heteroatoms. The van der Waals surface area contributed by atoms with E-state index in [4.69, 9.17) is 0 Å². The molecule has 0 atom stereocenters. The monoisotopic (exact) mass is 306 g/mol. The van der Waals surface area contributed by atoms with E-state index in [9.17, 15) is 5.26 Å². The Labute approximate surface area is 137 Å². The lowest BCUT2D eigenvalue weighted by Gasteiger charge is -2.35. The Kier molecular flexibility index (Phi) is 4.50. The van der Waals surface area contributed by atoms with Crippen molar-refractivity contribution in [3.63, 3.8) is 0 Å². The highest BCUT2D eigenvalue weighted by Gasteiger charge is 2.18. The summed E-state index contributed by atoms with van der Waals surface area (Å²) in [6.45, 7) is 6.28. The van der Waals surface area contributed by atoms with Crippen LogP contribution in [-0.2, 0) is 0 Å². The minimum Gasteiger partial charge on any atom is -0.369 e. The van der Waals surface area contributed by atoms with Crippen molar-refractivity contribution in [1.29, 1.82) is 5.26 Å². The molecular weight excluding hydrogens is 284 g/mol. The maximum atomic E-state index is 9.45. The molecule has 1 aliphatic heterocycles. The highest BCUT2D eigenvalue weighted by atomic mass is 15.2. The highest BCUT2D eigenvalue weighted by Crippen LogP contribution is 2.32. The largest absolute Gasteiger partial charge is 0.369 e. The van der Waals surface area contributed by atoms with E-state index in [1.165, 1.54) is 5.69 Å². The Morgan fingerprint density at radius 2 is 1.70 bits per heavy atom. The van der Waals surface area contributed by atoms with Crippen LogP contribution in [0.15, 0.2) is 42.5 Å². The molecule has 1 aliphatic rings. The Bertz CT molecular complexity index is 710. The summed E-state index contributed by atoms with van der Waals surface area (Å²) >= 11 is 0. The SMILES string of the molecule is Cc1c(N2CCN(C)CC2)ccc(C#N)c1Nc1ccccc1. The van der Waals surface area contributed by atoms with Gasteiger partial charge in [-0.25, -0.2) is 0 Å². The van der Waals surface area contributed by atoms with Crippen molar-refractivity contribution >= 4 is 17.1 Å². The number of nitriles is 1. The summed E-state index contributed by atoms with van der Waals surface area (Å²) < 4.78 is 0. The Balaban J connectivity index is 1.94. The molecule has 23 heavy (non-hydrogen) atoms. The zero-order chi connectivity index (χ0) is 16.2. The standard InChI is InChI=1S/C19H22N4/c1-15-18(23-12-10-22(2)11-13-23)9-8-16(14-20)19(15)21-17-6-4-3-5-7-17/h3-9,21H,10-13H2,1-2H3. The number of hydrogen-bond donors (Lipinski definition) is 1. The molecule has 0 radical (unpaired) electrons. The summed E-state index contributed by atoms with van der Waals surface area (Å²) in [7, 11) is 2.16. The number of nitrogens with zero attached hydrogens (tertiary/aromatic N) is 3. The quantitative estimate of drug-likeness (QED) is 0.944. The second-order valence-electron chi connectivity index (χ2n) is 6.03. The van der Waals surface area contributed by atoms with Gasteiger partial charge in [-0.15, -0.1) is 0 Å². The van der Waals surface area contributed by atoms with Crippen LogP contribution in [-0.4, -0.2) is 38.1 Å². The lowest BCUT2D eigenvalue weighted by molar-refractivity contribution is 0.312. The second kappa shape index (κ2) is 6.72. The molecule has 0 bridgehead atoms. The lowest BCUT2D eigenvalue weighted by Crippen LogP contribution is -2.44. The number of hydrogen-bond acceptors (Lipinski definition) is 4. The molecule has 1 fully saturated rings. The van der Waals surface area contributed by atoms with Gasteiger partial charge in [-0.05, 0) is 43.8 Å². The lowest BCUT2D eigenvalue weighted by atomic mass is 10.0. The van der Waals surface area contributed by atoms with Gasteiger partial charge in [0.2, 0.25) is 0 Å². The molecule has 0 spiro atoms. The van der Waals surface area contributed by atoms with Crippen LogP contribution in [0.1, 0.15) is 11.1 Å². The van der Waals surface area contributed by atoms with Gasteiger partial charge in [-0.2, -0.15) is 5.26 Å². The van der Waals surface area contributed by atoms with Gasteiger partial charge in [0.05, 0.1) is 11.3 Å². The molecular formula is C19H22N4. The normalized spacial score (nSPS) is 15.3. The molecule has 118 valence electrons. The van der Waals surface area contributed by atoms with Crippen LogP contribution in [0.4, 0.5) is 17.1 Å². The van der Waals surface area contributed by atoms with Crippen molar-refractivity contribution in [2.45, 2.75) is 6.92 Å². The van der Waals surface area contributed by atoms with E-state index in [0.717, 1.165) is 43.1 Å². The second-order valence-corrected chi connectivity index (χ2v) is 6.03. The first-order valence-electron chi connectivity index (χ1n) is 7.98. The van der Waals surface area contributed by atoms with E-state index in [0.29, 0.717) is 5.56 Å². The molecule has 3 rings (SSSR count). The first-order valence-corrected chi connectivity index (χ1v) is 7.98. The van der Waals surface area contributed by atoms with Crippen LogP contribution >= 0.6 is 0 Å². The topological polar surface area (TPSA) is 42.3 Å². The maximum Gasteiger partial charge on any atom is 0.101 e. The molecule has 0 aromatic heterocycles. The van der Waals surface area contributed by atoms with E-state index >= 15 is 0 Å². The molecule has 0 saturated carbocycles. The van der Waals surface area contributed by atoms with Gasteiger partial charge < -0.3 is 15.1 Å². The van der Waals surface area contributed by atoms with Crippen LogP contribution in [0.25, 0.3) is 0 Å². The minimum atomic E-state index is 0.684. The van der Waals surface area contributed by atoms with E-state index in [-0.39, 0.29) is 0 Å². The van der Waals surface area contributed by atoms with Crippen LogP contribution in [0, 0.1) is 18.3 Å². The van der Waals surface area contributed by atoms with Gasteiger partial charge in [0.1, 0.15) is 6.07 Å². The first kappa shape index (κ1) is 15.4. The molecule has 2 aromatic carbocycles. The van der Waals surface area contributed by atoms with Gasteiger partial charge in [0.25, 0.3) is 0 Å². The van der Waals surface area contributed by atoms with E-state index in [1.807, 2.05) is 36.4 Å². The van der Waals surface area contributed by atoms with Crippen molar-refractivity contribution in [2.75, 3.05) is 43.4 Å². The zero-order valence-corrected chi connectivity index (χ0v) is 13.7. The van der Waals surface area contributed by atoms with Crippen LogP contribution in [0.3, 0.4) is 0 Å². The molecule has 0 aliphatic carbocycles. The molecule has 0 amide bonds. The molecule has 0 unspecified atom stereocenters.